The molecule has 1 aromatic heterocycles. The number of carbonyl (C=O) groups excluding carboxylic acids is 1. The first-order chi connectivity index (χ1) is 11.3. The van der Waals surface area contributed by atoms with Crippen LogP contribution in [0.5, 0.6) is 0 Å². The summed E-state index contributed by atoms with van der Waals surface area (Å²) >= 11 is 0. The molecule has 4 atom stereocenters. The van der Waals surface area contributed by atoms with Crippen LogP contribution in [0.1, 0.15) is 16.6 Å². The number of aliphatic hydroxyl groups excluding tert-OH is 2. The lowest BCUT2D eigenvalue weighted by Crippen LogP contribution is -2.46. The van der Waals surface area contributed by atoms with Gasteiger partial charge in [-0.3, -0.25) is 18.4 Å². The standard InChI is InChI=1S/C13H19N2O8P/c1-20-24(19,21-2)22-7-9-10(16)11(17)13(23-9)15-5-3-4-8(6-15)12(14)18/h3-6,9-11,13,16-17H,7H2,1-2H3,(H-,14,18)/p+1/t9?,10-,11-,13?/m1/s1. The van der Waals surface area contributed by atoms with Gasteiger partial charge in [0.1, 0.15) is 17.8 Å². The Morgan fingerprint density at radius 3 is 2.62 bits per heavy atom. The molecule has 2 unspecified atom stereocenters. The number of hydrogen-bond acceptors (Lipinski definition) is 8. The lowest BCUT2D eigenvalue weighted by molar-refractivity contribution is -0.765. The lowest BCUT2D eigenvalue weighted by atomic mass is 10.1. The minimum atomic E-state index is -3.73. The van der Waals surface area contributed by atoms with Crippen LogP contribution in [-0.4, -0.2) is 55.3 Å². The van der Waals surface area contributed by atoms with Gasteiger partial charge in [-0.1, -0.05) is 0 Å². The number of phosphoric ester groups is 1. The second-order valence-corrected chi connectivity index (χ2v) is 6.94. The van der Waals surface area contributed by atoms with Crippen molar-refractivity contribution in [1.82, 2.24) is 0 Å². The SMILES string of the molecule is COP(=O)(OC)OCC1OC([n+]2cccc(C(N)=O)c2)[C@H](O)[C@@H]1O. The molecule has 1 amide bonds. The van der Waals surface area contributed by atoms with E-state index in [1.54, 1.807) is 12.3 Å². The summed E-state index contributed by atoms with van der Waals surface area (Å²) in [5, 5.41) is 20.2. The Balaban J connectivity index is 2.11. The van der Waals surface area contributed by atoms with Gasteiger partial charge in [-0.2, -0.15) is 4.57 Å². The molecular formula is C13H20N2O8P+. The number of hydrogen-bond donors (Lipinski definition) is 3. The fourth-order valence-electron chi connectivity index (χ4n) is 2.25. The van der Waals surface area contributed by atoms with Gasteiger partial charge in [0.05, 0.1) is 6.61 Å². The van der Waals surface area contributed by atoms with Crippen LogP contribution in [0.3, 0.4) is 0 Å². The topological polar surface area (TPSA) is 141 Å². The second kappa shape index (κ2) is 7.66. The van der Waals surface area contributed by atoms with E-state index in [0.29, 0.717) is 0 Å². The number of nitrogens with two attached hydrogens (primary N) is 1. The molecule has 4 N–H and O–H groups in total. The van der Waals surface area contributed by atoms with Crippen molar-refractivity contribution < 1.29 is 42.4 Å². The minimum absolute atomic E-state index is 0.214. The predicted octanol–water partition coefficient (Wildman–Crippen LogP) is -0.890. The van der Waals surface area contributed by atoms with Gasteiger partial charge >= 0.3 is 7.82 Å². The summed E-state index contributed by atoms with van der Waals surface area (Å²) < 4.78 is 33.0. The van der Waals surface area contributed by atoms with Crippen molar-refractivity contribution in [1.29, 1.82) is 0 Å². The summed E-state index contributed by atoms with van der Waals surface area (Å²) in [6, 6.07) is 3.06. The van der Waals surface area contributed by atoms with Crippen molar-refractivity contribution in [2.45, 2.75) is 24.5 Å². The maximum absolute atomic E-state index is 11.8. The summed E-state index contributed by atoms with van der Waals surface area (Å²) in [6.07, 6.45) is -1.61. The quantitative estimate of drug-likeness (QED) is 0.418. The number of phosphoric acid groups is 1. The fraction of sp³-hybridized carbons (Fsp3) is 0.538. The van der Waals surface area contributed by atoms with E-state index in [4.69, 9.17) is 15.0 Å². The lowest BCUT2D eigenvalue weighted by Gasteiger charge is -2.17. The van der Waals surface area contributed by atoms with Crippen LogP contribution in [-0.2, 0) is 22.9 Å². The highest BCUT2D eigenvalue weighted by Crippen LogP contribution is 2.48. The van der Waals surface area contributed by atoms with E-state index in [0.717, 1.165) is 14.2 Å². The maximum Gasteiger partial charge on any atom is 0.474 e. The molecule has 2 heterocycles. The van der Waals surface area contributed by atoms with E-state index >= 15 is 0 Å². The van der Waals surface area contributed by atoms with E-state index in [2.05, 4.69) is 9.05 Å². The molecule has 0 aromatic carbocycles. The van der Waals surface area contributed by atoms with Crippen molar-refractivity contribution in [2.24, 2.45) is 5.73 Å². The number of aliphatic hydroxyl groups is 2. The van der Waals surface area contributed by atoms with Gasteiger partial charge in [0, 0.05) is 20.3 Å². The summed E-state index contributed by atoms with van der Waals surface area (Å²) in [6.45, 7) is -0.330. The van der Waals surface area contributed by atoms with Gasteiger partial charge in [-0.25, -0.2) is 4.57 Å². The highest BCUT2D eigenvalue weighted by atomic mass is 31.2. The number of rotatable bonds is 7. The zero-order valence-electron chi connectivity index (χ0n) is 13.1. The van der Waals surface area contributed by atoms with Gasteiger partial charge in [0.25, 0.3) is 12.1 Å². The third kappa shape index (κ3) is 3.98. The Bertz CT molecular complexity index is 634. The van der Waals surface area contributed by atoms with Gasteiger partial charge in [-0.05, 0) is 6.07 Å². The summed E-state index contributed by atoms with van der Waals surface area (Å²) in [5.41, 5.74) is 5.43. The average molecular weight is 363 g/mol. The van der Waals surface area contributed by atoms with Gasteiger partial charge < -0.3 is 20.7 Å². The minimum Gasteiger partial charge on any atom is -0.387 e. The normalized spacial score (nSPS) is 27.3. The van der Waals surface area contributed by atoms with Crippen LogP contribution in [0.2, 0.25) is 0 Å². The van der Waals surface area contributed by atoms with Crippen molar-refractivity contribution >= 4 is 13.7 Å². The van der Waals surface area contributed by atoms with Crippen molar-refractivity contribution in [3.05, 3.63) is 30.1 Å². The first-order valence-corrected chi connectivity index (χ1v) is 8.45. The van der Waals surface area contributed by atoms with Crippen molar-refractivity contribution in [3.63, 3.8) is 0 Å². The third-order valence-electron chi connectivity index (χ3n) is 3.58. The molecule has 1 aliphatic rings. The third-order valence-corrected chi connectivity index (χ3v) is 4.94. The number of amides is 1. The monoisotopic (exact) mass is 363 g/mol. The molecule has 134 valence electrons. The molecule has 2 rings (SSSR count). The van der Waals surface area contributed by atoms with Crippen LogP contribution in [0.25, 0.3) is 0 Å². The van der Waals surface area contributed by atoms with Crippen LogP contribution in [0.15, 0.2) is 24.5 Å². The number of primary amides is 1. The molecule has 1 aromatic rings. The molecule has 0 saturated carbocycles. The Hall–Kier alpha value is -1.39. The van der Waals surface area contributed by atoms with Crippen molar-refractivity contribution in [2.75, 3.05) is 20.8 Å². The van der Waals surface area contributed by atoms with E-state index in [9.17, 15) is 19.6 Å². The van der Waals surface area contributed by atoms with Crippen LogP contribution >= 0.6 is 7.82 Å². The molecule has 0 aliphatic carbocycles. The molecule has 1 saturated heterocycles. The second-order valence-electron chi connectivity index (χ2n) is 5.06. The largest absolute Gasteiger partial charge is 0.474 e. The Kier molecular flexibility index (Phi) is 6.05. The molecule has 11 heteroatoms. The van der Waals surface area contributed by atoms with Crippen LogP contribution < -0.4 is 10.3 Å². The van der Waals surface area contributed by atoms with E-state index < -0.39 is 38.3 Å². The molecule has 1 aliphatic heterocycles. The van der Waals surface area contributed by atoms with Gasteiger partial charge in [-0.15, -0.1) is 0 Å². The number of pyridine rings is 1. The van der Waals surface area contributed by atoms with Gasteiger partial charge in [0.2, 0.25) is 0 Å². The summed E-state index contributed by atoms with van der Waals surface area (Å²) in [5.74, 6) is -0.640. The summed E-state index contributed by atoms with van der Waals surface area (Å²) in [7, 11) is -1.43. The number of nitrogens with zero attached hydrogens (tertiary/aromatic N) is 1. The highest BCUT2D eigenvalue weighted by molar-refractivity contribution is 7.48. The highest BCUT2D eigenvalue weighted by Gasteiger charge is 2.49. The molecular weight excluding hydrogens is 343 g/mol. The zero-order chi connectivity index (χ0) is 17.9. The maximum atomic E-state index is 11.8. The molecule has 24 heavy (non-hydrogen) atoms. The molecule has 0 bridgehead atoms. The number of carbonyl (C=O) groups is 1. The van der Waals surface area contributed by atoms with E-state index in [1.165, 1.54) is 16.8 Å². The number of aromatic nitrogens is 1. The Morgan fingerprint density at radius 2 is 2.04 bits per heavy atom. The molecule has 0 spiro atoms. The molecule has 10 nitrogen and oxygen atoms in total. The Labute approximate surface area is 138 Å². The first-order valence-electron chi connectivity index (χ1n) is 6.99. The first kappa shape index (κ1) is 18.9. The molecule has 1 fully saturated rings. The van der Waals surface area contributed by atoms with E-state index in [1.807, 2.05) is 0 Å². The fourth-order valence-corrected chi connectivity index (χ4v) is 2.94. The van der Waals surface area contributed by atoms with Crippen LogP contribution in [0, 0.1) is 0 Å². The number of ether oxygens (including phenoxy) is 1. The molecule has 0 radical (unpaired) electrons. The van der Waals surface area contributed by atoms with Gasteiger partial charge in [0.15, 0.2) is 18.5 Å². The predicted molar refractivity (Wildman–Crippen MR) is 78.7 cm³/mol. The average Bonchev–Trinajstić information content (AvgIpc) is 2.88. The zero-order valence-corrected chi connectivity index (χ0v) is 14.0. The smallest absolute Gasteiger partial charge is 0.387 e. The van der Waals surface area contributed by atoms with E-state index in [-0.39, 0.29) is 12.2 Å². The van der Waals surface area contributed by atoms with Crippen LogP contribution in [0.4, 0.5) is 0 Å². The Morgan fingerprint density at radius 1 is 1.38 bits per heavy atom. The summed E-state index contributed by atoms with van der Waals surface area (Å²) in [4.78, 5) is 11.2. The van der Waals surface area contributed by atoms with Crippen molar-refractivity contribution in [3.8, 4) is 0 Å².